The van der Waals surface area contributed by atoms with Gasteiger partial charge in [0.2, 0.25) is 0 Å². The lowest BCUT2D eigenvalue weighted by atomic mass is 10.4. The van der Waals surface area contributed by atoms with Crippen molar-refractivity contribution >= 4 is 17.4 Å². The number of anilines is 1. The molecule has 1 heterocycles. The molecule has 0 saturated heterocycles. The van der Waals surface area contributed by atoms with E-state index >= 15 is 0 Å². The van der Waals surface area contributed by atoms with Crippen LogP contribution < -0.4 is 10.1 Å². The molecule has 4 heteroatoms. The van der Waals surface area contributed by atoms with Gasteiger partial charge in [0, 0.05) is 19.2 Å². The van der Waals surface area contributed by atoms with E-state index in [0.717, 1.165) is 24.4 Å². The van der Waals surface area contributed by atoms with Crippen LogP contribution in [0.25, 0.3) is 0 Å². The maximum absolute atomic E-state index is 5.80. The monoisotopic (exact) mass is 198 g/mol. The van der Waals surface area contributed by atoms with E-state index in [1.54, 1.807) is 13.1 Å². The van der Waals surface area contributed by atoms with Crippen LogP contribution in [-0.4, -0.2) is 18.1 Å². The summed E-state index contributed by atoms with van der Waals surface area (Å²) < 4.78 is 5.58. The van der Waals surface area contributed by atoms with Crippen molar-refractivity contribution in [1.82, 2.24) is 4.98 Å². The fourth-order valence-electron chi connectivity index (χ4n) is 1.05. The van der Waals surface area contributed by atoms with Crippen LogP contribution in [0.4, 0.5) is 5.82 Å². The number of nitrogens with zero attached hydrogens (tertiary/aromatic N) is 1. The van der Waals surface area contributed by atoms with Gasteiger partial charge in [-0.15, -0.1) is 0 Å². The number of hydrogen-bond donors (Lipinski definition) is 1. The van der Waals surface area contributed by atoms with Gasteiger partial charge < -0.3 is 10.1 Å². The first-order chi connectivity index (χ1) is 6.28. The minimum absolute atomic E-state index is 0.392. The second-order valence-corrected chi connectivity index (χ2v) is 3.47. The number of halogens is 1. The van der Waals surface area contributed by atoms with Crippen molar-refractivity contribution in [3.05, 3.63) is 17.3 Å². The van der Waals surface area contributed by atoms with E-state index in [1.165, 1.54) is 0 Å². The van der Waals surface area contributed by atoms with Crippen LogP contribution in [0.5, 0.6) is 5.75 Å². The maximum Gasteiger partial charge on any atom is 0.135 e. The van der Waals surface area contributed by atoms with Gasteiger partial charge >= 0.3 is 0 Å². The molecule has 1 aliphatic carbocycles. The third-order valence-corrected chi connectivity index (χ3v) is 2.04. The van der Waals surface area contributed by atoms with E-state index < -0.39 is 0 Å². The number of aromatic nitrogens is 1. The van der Waals surface area contributed by atoms with Gasteiger partial charge in [-0.2, -0.15) is 0 Å². The lowest BCUT2D eigenvalue weighted by molar-refractivity contribution is 0.303. The van der Waals surface area contributed by atoms with Gasteiger partial charge in [0.15, 0.2) is 0 Å². The number of nitrogens with one attached hydrogen (secondary N) is 1. The second-order valence-electron chi connectivity index (χ2n) is 3.08. The van der Waals surface area contributed by atoms with Gasteiger partial charge in [0.1, 0.15) is 16.7 Å². The highest BCUT2D eigenvalue weighted by atomic mass is 35.5. The molecule has 70 valence electrons. The first-order valence-corrected chi connectivity index (χ1v) is 4.68. The van der Waals surface area contributed by atoms with Crippen molar-refractivity contribution in [2.24, 2.45) is 0 Å². The summed E-state index contributed by atoms with van der Waals surface area (Å²) in [6.45, 7) is 0. The predicted molar refractivity (Wildman–Crippen MR) is 52.4 cm³/mol. The van der Waals surface area contributed by atoms with Gasteiger partial charge in [0.25, 0.3) is 0 Å². The van der Waals surface area contributed by atoms with E-state index in [-0.39, 0.29) is 0 Å². The normalized spacial score (nSPS) is 15.5. The van der Waals surface area contributed by atoms with E-state index in [1.807, 2.05) is 6.07 Å². The van der Waals surface area contributed by atoms with Crippen LogP contribution in [0.2, 0.25) is 5.15 Å². The van der Waals surface area contributed by atoms with Crippen molar-refractivity contribution in [2.75, 3.05) is 12.4 Å². The Kier molecular flexibility index (Phi) is 2.27. The fraction of sp³-hybridized carbons (Fsp3) is 0.444. The van der Waals surface area contributed by atoms with E-state index in [0.29, 0.717) is 11.3 Å². The topological polar surface area (TPSA) is 34.1 Å². The van der Waals surface area contributed by atoms with Crippen molar-refractivity contribution in [3.63, 3.8) is 0 Å². The van der Waals surface area contributed by atoms with Gasteiger partial charge in [-0.3, -0.25) is 0 Å². The van der Waals surface area contributed by atoms with Crippen molar-refractivity contribution in [2.45, 2.75) is 18.9 Å². The average Bonchev–Trinajstić information content (AvgIpc) is 2.87. The predicted octanol–water partition coefficient (Wildman–Crippen LogP) is 2.32. The van der Waals surface area contributed by atoms with Crippen molar-refractivity contribution in [3.8, 4) is 5.75 Å². The Morgan fingerprint density at radius 1 is 1.54 bits per heavy atom. The molecule has 1 aliphatic rings. The molecule has 0 amide bonds. The van der Waals surface area contributed by atoms with Gasteiger partial charge in [-0.05, 0) is 12.8 Å². The molecular formula is C9H11ClN2O. The number of ether oxygens (including phenoxy) is 1. The van der Waals surface area contributed by atoms with Gasteiger partial charge in [-0.1, -0.05) is 11.6 Å². The third-order valence-electron chi connectivity index (χ3n) is 1.85. The highest BCUT2D eigenvalue weighted by Gasteiger charge is 2.23. The molecule has 1 saturated carbocycles. The van der Waals surface area contributed by atoms with E-state index in [9.17, 15) is 0 Å². The summed E-state index contributed by atoms with van der Waals surface area (Å²) in [7, 11) is 1.81. The van der Waals surface area contributed by atoms with Crippen LogP contribution in [0.15, 0.2) is 12.1 Å². The molecule has 0 atom stereocenters. The highest BCUT2D eigenvalue weighted by Crippen LogP contribution is 2.29. The summed E-state index contributed by atoms with van der Waals surface area (Å²) in [5.41, 5.74) is 0. The molecule has 0 radical (unpaired) electrons. The zero-order chi connectivity index (χ0) is 9.26. The van der Waals surface area contributed by atoms with E-state index in [2.05, 4.69) is 10.3 Å². The zero-order valence-corrected chi connectivity index (χ0v) is 8.14. The molecule has 0 aromatic carbocycles. The molecular weight excluding hydrogens is 188 g/mol. The average molecular weight is 199 g/mol. The summed E-state index contributed by atoms with van der Waals surface area (Å²) in [4.78, 5) is 4.05. The summed E-state index contributed by atoms with van der Waals surface area (Å²) in [6, 6.07) is 3.59. The summed E-state index contributed by atoms with van der Waals surface area (Å²) >= 11 is 5.80. The number of pyridine rings is 1. The molecule has 2 rings (SSSR count). The summed E-state index contributed by atoms with van der Waals surface area (Å²) in [6.07, 6.45) is 2.69. The highest BCUT2D eigenvalue weighted by molar-refractivity contribution is 6.29. The van der Waals surface area contributed by atoms with Crippen molar-refractivity contribution in [1.29, 1.82) is 0 Å². The Bertz CT molecular complexity index is 312. The standard InChI is InChI=1S/C9H11ClN2O/c1-11-9-5-7(4-8(10)12-9)13-6-2-3-6/h4-6H,2-3H2,1H3,(H,11,12). The molecule has 0 aliphatic heterocycles. The second kappa shape index (κ2) is 3.42. The van der Waals surface area contributed by atoms with Crippen LogP contribution in [-0.2, 0) is 0 Å². The van der Waals surface area contributed by atoms with Gasteiger partial charge in [-0.25, -0.2) is 4.98 Å². The largest absolute Gasteiger partial charge is 0.490 e. The van der Waals surface area contributed by atoms with Crippen LogP contribution >= 0.6 is 11.6 Å². The Morgan fingerprint density at radius 3 is 2.92 bits per heavy atom. The lowest BCUT2D eigenvalue weighted by Crippen LogP contribution is -1.98. The molecule has 1 aromatic rings. The van der Waals surface area contributed by atoms with Crippen LogP contribution in [0.3, 0.4) is 0 Å². The first-order valence-electron chi connectivity index (χ1n) is 4.30. The molecule has 1 aromatic heterocycles. The SMILES string of the molecule is CNc1cc(OC2CC2)cc(Cl)n1. The Labute approximate surface area is 82.1 Å². The van der Waals surface area contributed by atoms with Crippen LogP contribution in [0, 0.1) is 0 Å². The molecule has 1 fully saturated rings. The molecule has 0 spiro atoms. The Morgan fingerprint density at radius 2 is 2.31 bits per heavy atom. The first kappa shape index (κ1) is 8.63. The van der Waals surface area contributed by atoms with E-state index in [4.69, 9.17) is 16.3 Å². The van der Waals surface area contributed by atoms with Gasteiger partial charge in [0.05, 0.1) is 6.10 Å². The minimum atomic E-state index is 0.392. The Balaban J connectivity index is 2.17. The Hall–Kier alpha value is -0.960. The quantitative estimate of drug-likeness (QED) is 0.757. The smallest absolute Gasteiger partial charge is 0.135 e. The molecule has 0 unspecified atom stereocenters. The minimum Gasteiger partial charge on any atom is -0.490 e. The fourth-order valence-corrected chi connectivity index (χ4v) is 1.25. The molecule has 0 bridgehead atoms. The molecule has 13 heavy (non-hydrogen) atoms. The third kappa shape index (κ3) is 2.25. The van der Waals surface area contributed by atoms with Crippen LogP contribution in [0.1, 0.15) is 12.8 Å². The number of rotatable bonds is 3. The van der Waals surface area contributed by atoms with Crippen molar-refractivity contribution < 1.29 is 4.74 Å². The lowest BCUT2D eigenvalue weighted by Gasteiger charge is -2.06. The molecule has 3 nitrogen and oxygen atoms in total. The molecule has 1 N–H and O–H groups in total. The summed E-state index contributed by atoms with van der Waals surface area (Å²) in [5, 5.41) is 3.39. The number of hydrogen-bond acceptors (Lipinski definition) is 3. The zero-order valence-electron chi connectivity index (χ0n) is 7.38. The summed E-state index contributed by atoms with van der Waals surface area (Å²) in [5.74, 6) is 1.54. The maximum atomic E-state index is 5.80.